The third-order valence-corrected chi connectivity index (χ3v) is 6.60. The fraction of sp³-hybridized carbons (Fsp3) is 0.259. The molecule has 1 saturated heterocycles. The second-order valence-electron chi connectivity index (χ2n) is 8.71. The van der Waals surface area contributed by atoms with Gasteiger partial charge in [-0.15, -0.1) is 0 Å². The lowest BCUT2D eigenvalue weighted by atomic mass is 10.1. The highest BCUT2D eigenvalue weighted by Crippen LogP contribution is 2.32. The summed E-state index contributed by atoms with van der Waals surface area (Å²) in [7, 11) is 0. The van der Waals surface area contributed by atoms with E-state index in [4.69, 9.17) is 21.1 Å². The summed E-state index contributed by atoms with van der Waals surface area (Å²) in [6.07, 6.45) is 4.56. The van der Waals surface area contributed by atoms with Crippen molar-refractivity contribution < 1.29 is 19.1 Å². The van der Waals surface area contributed by atoms with Gasteiger partial charge in [0.05, 0.1) is 6.21 Å². The van der Waals surface area contributed by atoms with Gasteiger partial charge in [0.2, 0.25) is 12.7 Å². The van der Waals surface area contributed by atoms with Gasteiger partial charge >= 0.3 is 0 Å². The number of hydrogen-bond donors (Lipinski definition) is 0. The van der Waals surface area contributed by atoms with Crippen LogP contribution < -0.4 is 9.47 Å². The normalized spacial score (nSPS) is 15.2. The first-order valence-electron chi connectivity index (χ1n) is 12.0. The molecule has 0 bridgehead atoms. The Labute approximate surface area is 219 Å². The van der Waals surface area contributed by atoms with E-state index in [-0.39, 0.29) is 25.2 Å². The molecule has 0 spiro atoms. The Bertz CT molecular complexity index is 1290. The highest BCUT2D eigenvalue weighted by Gasteiger charge is 2.26. The predicted molar refractivity (Wildman–Crippen MR) is 139 cm³/mol. The number of carbonyl (C=O) groups is 2. The van der Waals surface area contributed by atoms with E-state index in [9.17, 15) is 9.59 Å². The maximum atomic E-state index is 13.2. The zero-order valence-corrected chi connectivity index (χ0v) is 20.9. The molecule has 1 fully saturated rings. The number of pyridine rings is 1. The topological polar surface area (TPSA) is 87.6 Å². The van der Waals surface area contributed by atoms with Crippen molar-refractivity contribution in [3.05, 3.63) is 88.7 Å². The molecular weight excluding hydrogens is 494 g/mol. The Hall–Kier alpha value is -3.95. The van der Waals surface area contributed by atoms with Crippen LogP contribution in [0.5, 0.6) is 11.5 Å². The van der Waals surface area contributed by atoms with E-state index in [0.717, 1.165) is 36.7 Å². The van der Waals surface area contributed by atoms with E-state index in [2.05, 4.69) is 15.0 Å². The molecule has 0 saturated carbocycles. The van der Waals surface area contributed by atoms with E-state index >= 15 is 0 Å². The van der Waals surface area contributed by atoms with Gasteiger partial charge < -0.3 is 14.4 Å². The fourth-order valence-electron chi connectivity index (χ4n) is 4.20. The first-order chi connectivity index (χ1) is 18.1. The van der Waals surface area contributed by atoms with Crippen LogP contribution in [-0.4, -0.2) is 77.3 Å². The van der Waals surface area contributed by atoms with Gasteiger partial charge in [0.15, 0.2) is 11.5 Å². The average Bonchev–Trinajstić information content (AvgIpc) is 3.40. The SMILES string of the molecule is O=C(CN(/N=C/c1ccccc1Cl)C(=O)c1ccncc1)N1CCN(Cc2ccc3c(c2)OCO3)CC1. The number of fused-ring (bicyclic) bond motifs is 1. The van der Waals surface area contributed by atoms with Crippen molar-refractivity contribution in [3.8, 4) is 11.5 Å². The lowest BCUT2D eigenvalue weighted by Crippen LogP contribution is -2.51. The van der Waals surface area contributed by atoms with Crippen molar-refractivity contribution in [3.63, 3.8) is 0 Å². The van der Waals surface area contributed by atoms with Crippen molar-refractivity contribution in [2.24, 2.45) is 5.10 Å². The number of hydrazone groups is 1. The molecule has 2 aliphatic heterocycles. The largest absolute Gasteiger partial charge is 0.454 e. The smallest absolute Gasteiger partial charge is 0.274 e. The molecule has 0 radical (unpaired) electrons. The molecule has 37 heavy (non-hydrogen) atoms. The summed E-state index contributed by atoms with van der Waals surface area (Å²) in [5.74, 6) is 0.979. The number of benzene rings is 2. The first-order valence-corrected chi connectivity index (χ1v) is 12.3. The molecule has 190 valence electrons. The van der Waals surface area contributed by atoms with Crippen molar-refractivity contribution in [1.29, 1.82) is 0 Å². The molecule has 2 amide bonds. The zero-order chi connectivity index (χ0) is 25.6. The molecule has 0 unspecified atom stereocenters. The Morgan fingerprint density at radius 1 is 1.00 bits per heavy atom. The van der Waals surface area contributed by atoms with Crippen LogP contribution in [0.1, 0.15) is 21.5 Å². The van der Waals surface area contributed by atoms with Crippen LogP contribution in [0.25, 0.3) is 0 Å². The number of rotatable bonds is 7. The maximum Gasteiger partial charge on any atom is 0.274 e. The molecular formula is C27H26ClN5O4. The molecule has 2 aliphatic rings. The molecule has 0 aliphatic carbocycles. The van der Waals surface area contributed by atoms with Crippen LogP contribution in [0.15, 0.2) is 72.1 Å². The minimum Gasteiger partial charge on any atom is -0.454 e. The number of amides is 2. The van der Waals surface area contributed by atoms with Crippen LogP contribution in [0.2, 0.25) is 5.02 Å². The number of piperazine rings is 1. The third kappa shape index (κ3) is 6.07. The van der Waals surface area contributed by atoms with Gasteiger partial charge in [-0.1, -0.05) is 35.9 Å². The molecule has 2 aromatic carbocycles. The number of aromatic nitrogens is 1. The van der Waals surface area contributed by atoms with Crippen molar-refractivity contribution in [2.75, 3.05) is 39.5 Å². The van der Waals surface area contributed by atoms with Gasteiger partial charge in [-0.05, 0) is 35.9 Å². The minimum absolute atomic E-state index is 0.165. The van der Waals surface area contributed by atoms with Gasteiger partial charge in [0.25, 0.3) is 5.91 Å². The highest BCUT2D eigenvalue weighted by atomic mass is 35.5. The predicted octanol–water partition coefficient (Wildman–Crippen LogP) is 3.28. The van der Waals surface area contributed by atoms with Gasteiger partial charge in [0.1, 0.15) is 6.54 Å². The summed E-state index contributed by atoms with van der Waals surface area (Å²) in [6, 6.07) is 16.3. The van der Waals surface area contributed by atoms with Crippen LogP contribution in [-0.2, 0) is 11.3 Å². The number of halogens is 1. The Morgan fingerprint density at radius 3 is 2.54 bits per heavy atom. The molecule has 5 rings (SSSR count). The van der Waals surface area contributed by atoms with Crippen LogP contribution in [0.3, 0.4) is 0 Å². The summed E-state index contributed by atoms with van der Waals surface area (Å²) in [6.45, 7) is 3.41. The van der Waals surface area contributed by atoms with Crippen molar-refractivity contribution in [2.45, 2.75) is 6.54 Å². The summed E-state index contributed by atoms with van der Waals surface area (Å²) >= 11 is 6.24. The second-order valence-corrected chi connectivity index (χ2v) is 9.12. The maximum absolute atomic E-state index is 13.2. The van der Waals surface area contributed by atoms with E-state index in [1.807, 2.05) is 30.3 Å². The van der Waals surface area contributed by atoms with E-state index in [1.54, 1.807) is 29.2 Å². The molecule has 3 aromatic rings. The van der Waals surface area contributed by atoms with Gasteiger partial charge in [-0.25, -0.2) is 5.01 Å². The van der Waals surface area contributed by atoms with E-state index in [0.29, 0.717) is 29.2 Å². The zero-order valence-electron chi connectivity index (χ0n) is 20.1. The van der Waals surface area contributed by atoms with Crippen LogP contribution in [0, 0.1) is 0 Å². The van der Waals surface area contributed by atoms with Gasteiger partial charge in [-0.2, -0.15) is 5.10 Å². The van der Waals surface area contributed by atoms with Crippen molar-refractivity contribution >= 4 is 29.6 Å². The molecule has 1 aromatic heterocycles. The Balaban J connectivity index is 1.22. The van der Waals surface area contributed by atoms with Crippen LogP contribution in [0.4, 0.5) is 0 Å². The molecule has 0 atom stereocenters. The highest BCUT2D eigenvalue weighted by molar-refractivity contribution is 6.33. The average molecular weight is 520 g/mol. The van der Waals surface area contributed by atoms with Gasteiger partial charge in [-0.3, -0.25) is 19.5 Å². The van der Waals surface area contributed by atoms with E-state index < -0.39 is 0 Å². The molecule has 0 N–H and O–H groups in total. The van der Waals surface area contributed by atoms with Crippen LogP contribution >= 0.6 is 11.6 Å². The van der Waals surface area contributed by atoms with E-state index in [1.165, 1.54) is 23.6 Å². The molecule has 10 heteroatoms. The Morgan fingerprint density at radius 2 is 1.76 bits per heavy atom. The molecule has 9 nitrogen and oxygen atoms in total. The second kappa shape index (κ2) is 11.4. The number of nitrogens with zero attached hydrogens (tertiary/aromatic N) is 5. The number of hydrogen-bond acceptors (Lipinski definition) is 7. The third-order valence-electron chi connectivity index (χ3n) is 6.26. The lowest BCUT2D eigenvalue weighted by Gasteiger charge is -2.35. The summed E-state index contributed by atoms with van der Waals surface area (Å²) in [5, 5.41) is 6.03. The summed E-state index contributed by atoms with van der Waals surface area (Å²) in [5.41, 5.74) is 2.18. The standard InChI is InChI=1S/C27H26ClN5O4/c28-23-4-2-1-3-22(23)16-30-33(27(35)21-7-9-29-10-8-21)18-26(34)32-13-11-31(12-14-32)17-20-5-6-24-25(15-20)37-19-36-24/h1-10,15-16H,11-14,17-19H2/b30-16+. The van der Waals surface area contributed by atoms with Crippen molar-refractivity contribution in [1.82, 2.24) is 19.8 Å². The first kappa shape index (κ1) is 24.7. The minimum atomic E-state index is -0.388. The Kier molecular flexibility index (Phi) is 7.62. The van der Waals surface area contributed by atoms with Gasteiger partial charge in [0, 0.05) is 61.3 Å². The fourth-order valence-corrected chi connectivity index (χ4v) is 4.39. The monoisotopic (exact) mass is 519 g/mol. The summed E-state index contributed by atoms with van der Waals surface area (Å²) < 4.78 is 10.9. The molecule has 3 heterocycles. The number of carbonyl (C=O) groups excluding carboxylic acids is 2. The lowest BCUT2D eigenvalue weighted by molar-refractivity contribution is -0.133. The number of ether oxygens (including phenoxy) is 2. The summed E-state index contributed by atoms with van der Waals surface area (Å²) in [4.78, 5) is 34.4. The quantitative estimate of drug-likeness (QED) is 0.352.